The van der Waals surface area contributed by atoms with Gasteiger partial charge in [0.05, 0.1) is 4.88 Å². The Morgan fingerprint density at radius 3 is 2.64 bits per heavy atom. The quantitative estimate of drug-likeness (QED) is 0.688. The van der Waals surface area contributed by atoms with Crippen LogP contribution in [0.15, 0.2) is 23.1 Å². The summed E-state index contributed by atoms with van der Waals surface area (Å²) in [5.41, 5.74) is 1.04. The number of thiophene rings is 1. The smallest absolute Gasteiger partial charge is 0.204 e. The zero-order chi connectivity index (χ0) is 10.3. The highest BCUT2D eigenvalue weighted by Gasteiger charge is 2.12. The summed E-state index contributed by atoms with van der Waals surface area (Å²) in [6.07, 6.45) is -2.39. The summed E-state index contributed by atoms with van der Waals surface area (Å²) in [6, 6.07) is 5.33. The summed E-state index contributed by atoms with van der Waals surface area (Å²) < 4.78 is 25.7. The van der Waals surface area contributed by atoms with Crippen molar-refractivity contribution < 1.29 is 8.78 Å². The van der Waals surface area contributed by atoms with Crippen LogP contribution in [0.2, 0.25) is 0 Å². The molecule has 0 saturated carbocycles. The number of aryl methyl sites for hydroxylation is 1. The Bertz CT molecular complexity index is 474. The monoisotopic (exact) mass is 230 g/mol. The molecule has 0 N–H and O–H groups in total. The zero-order valence-corrected chi connectivity index (χ0v) is 9.13. The molecule has 1 heterocycles. The molecule has 0 aliphatic heterocycles. The van der Waals surface area contributed by atoms with Crippen LogP contribution in [-0.2, 0) is 0 Å². The van der Waals surface area contributed by atoms with E-state index in [0.29, 0.717) is 0 Å². The first-order chi connectivity index (χ1) is 6.58. The average molecular weight is 230 g/mol. The highest BCUT2D eigenvalue weighted by molar-refractivity contribution is 7.80. The molecule has 0 fully saturated rings. The van der Waals surface area contributed by atoms with Gasteiger partial charge >= 0.3 is 0 Å². The van der Waals surface area contributed by atoms with E-state index in [4.69, 9.17) is 0 Å². The fourth-order valence-corrected chi connectivity index (χ4v) is 2.79. The van der Waals surface area contributed by atoms with Gasteiger partial charge in [-0.3, -0.25) is 0 Å². The molecule has 1 aromatic carbocycles. The molecule has 14 heavy (non-hydrogen) atoms. The lowest BCUT2D eigenvalue weighted by atomic mass is 10.2. The lowest BCUT2D eigenvalue weighted by molar-refractivity contribution is 0.156. The molecular formula is C10H8F2S2. The number of fused-ring (bicyclic) bond motifs is 1. The van der Waals surface area contributed by atoms with E-state index >= 15 is 0 Å². The molecule has 1 aromatic heterocycles. The van der Waals surface area contributed by atoms with Gasteiger partial charge in [-0.25, -0.2) is 8.78 Å². The molecule has 0 unspecified atom stereocenters. The molecule has 0 radical (unpaired) electrons. The first-order valence-electron chi connectivity index (χ1n) is 4.09. The minimum Gasteiger partial charge on any atom is -0.204 e. The normalized spacial score (nSPS) is 11.5. The Morgan fingerprint density at radius 1 is 1.29 bits per heavy atom. The van der Waals surface area contributed by atoms with Crippen molar-refractivity contribution in [3.05, 3.63) is 28.6 Å². The molecule has 2 rings (SSSR count). The van der Waals surface area contributed by atoms with Crippen LogP contribution in [0.1, 0.15) is 16.9 Å². The number of alkyl halides is 2. The maximum atomic E-state index is 12.4. The lowest BCUT2D eigenvalue weighted by Gasteiger charge is -1.96. The van der Waals surface area contributed by atoms with Crippen LogP contribution in [0, 0.1) is 6.92 Å². The third kappa shape index (κ3) is 1.64. The number of hydrogen-bond donors (Lipinski definition) is 1. The first-order valence-corrected chi connectivity index (χ1v) is 5.35. The third-order valence-corrected chi connectivity index (χ3v) is 3.67. The standard InChI is InChI=1S/C10H8F2S2/c1-5-2-6-4-8(10(11)12)14-9(6)7(13)3-5/h2-4,10,13H,1H3. The van der Waals surface area contributed by atoms with Crippen molar-refractivity contribution in [2.75, 3.05) is 0 Å². The predicted octanol–water partition coefficient (Wildman–Crippen LogP) is 4.44. The minimum atomic E-state index is -2.39. The molecular weight excluding hydrogens is 222 g/mol. The Kier molecular flexibility index (Phi) is 2.49. The van der Waals surface area contributed by atoms with E-state index < -0.39 is 6.43 Å². The van der Waals surface area contributed by atoms with Crippen LogP contribution in [0.5, 0.6) is 0 Å². The van der Waals surface area contributed by atoms with Crippen LogP contribution in [-0.4, -0.2) is 0 Å². The van der Waals surface area contributed by atoms with Crippen molar-refractivity contribution in [1.82, 2.24) is 0 Å². The predicted molar refractivity (Wildman–Crippen MR) is 58.8 cm³/mol. The molecule has 0 saturated heterocycles. The number of rotatable bonds is 1. The van der Waals surface area contributed by atoms with Crippen LogP contribution in [0.4, 0.5) is 8.78 Å². The fourth-order valence-electron chi connectivity index (χ4n) is 1.41. The van der Waals surface area contributed by atoms with Crippen LogP contribution in [0.25, 0.3) is 10.1 Å². The number of halogens is 2. The van der Waals surface area contributed by atoms with Crippen molar-refractivity contribution in [3.8, 4) is 0 Å². The minimum absolute atomic E-state index is 0.112. The second-order valence-corrected chi connectivity index (χ2v) is 4.72. The van der Waals surface area contributed by atoms with Gasteiger partial charge in [0.25, 0.3) is 6.43 Å². The molecule has 0 nitrogen and oxygen atoms in total. The van der Waals surface area contributed by atoms with Crippen molar-refractivity contribution >= 4 is 34.1 Å². The first kappa shape index (κ1) is 9.93. The molecule has 0 spiro atoms. The van der Waals surface area contributed by atoms with Crippen molar-refractivity contribution in [2.45, 2.75) is 18.2 Å². The van der Waals surface area contributed by atoms with Gasteiger partial charge in [0.15, 0.2) is 0 Å². The zero-order valence-electron chi connectivity index (χ0n) is 7.42. The van der Waals surface area contributed by atoms with Gasteiger partial charge in [0.2, 0.25) is 0 Å². The molecule has 0 aliphatic carbocycles. The molecule has 0 bridgehead atoms. The van der Waals surface area contributed by atoms with Gasteiger partial charge in [0, 0.05) is 9.60 Å². The van der Waals surface area contributed by atoms with Gasteiger partial charge in [-0.05, 0) is 30.0 Å². The van der Waals surface area contributed by atoms with E-state index in [2.05, 4.69) is 12.6 Å². The Morgan fingerprint density at radius 2 is 2.00 bits per heavy atom. The van der Waals surface area contributed by atoms with Crippen LogP contribution >= 0.6 is 24.0 Å². The van der Waals surface area contributed by atoms with Crippen molar-refractivity contribution in [1.29, 1.82) is 0 Å². The highest BCUT2D eigenvalue weighted by Crippen LogP contribution is 2.36. The number of benzene rings is 1. The van der Waals surface area contributed by atoms with E-state index in [-0.39, 0.29) is 4.88 Å². The van der Waals surface area contributed by atoms with E-state index in [1.807, 2.05) is 19.1 Å². The number of hydrogen-bond acceptors (Lipinski definition) is 2. The topological polar surface area (TPSA) is 0 Å². The molecule has 74 valence electrons. The van der Waals surface area contributed by atoms with Gasteiger partial charge in [-0.2, -0.15) is 0 Å². The largest absolute Gasteiger partial charge is 0.272 e. The summed E-state index contributed by atoms with van der Waals surface area (Å²) in [7, 11) is 0. The van der Waals surface area contributed by atoms with E-state index in [1.54, 1.807) is 0 Å². The summed E-state index contributed by atoms with van der Waals surface area (Å²) in [4.78, 5) is 0.887. The second-order valence-electron chi connectivity index (χ2n) is 3.15. The molecule has 0 aliphatic rings. The second kappa shape index (κ2) is 3.51. The van der Waals surface area contributed by atoms with E-state index in [9.17, 15) is 8.78 Å². The Hall–Kier alpha value is -0.610. The highest BCUT2D eigenvalue weighted by atomic mass is 32.1. The van der Waals surface area contributed by atoms with E-state index in [0.717, 1.165) is 31.9 Å². The maximum Gasteiger partial charge on any atom is 0.272 e. The Balaban J connectivity index is 2.70. The fraction of sp³-hybridized carbons (Fsp3) is 0.200. The van der Waals surface area contributed by atoms with Crippen LogP contribution in [0.3, 0.4) is 0 Å². The SMILES string of the molecule is Cc1cc(S)c2sc(C(F)F)cc2c1. The van der Waals surface area contributed by atoms with Gasteiger partial charge < -0.3 is 0 Å². The maximum absolute atomic E-state index is 12.4. The third-order valence-electron chi connectivity index (χ3n) is 1.98. The summed E-state index contributed by atoms with van der Waals surface area (Å²) >= 11 is 5.38. The summed E-state index contributed by atoms with van der Waals surface area (Å²) in [5, 5.41) is 0.857. The van der Waals surface area contributed by atoms with E-state index in [1.165, 1.54) is 6.07 Å². The Labute approximate surface area is 90.0 Å². The van der Waals surface area contributed by atoms with Gasteiger partial charge in [-0.1, -0.05) is 6.07 Å². The summed E-state index contributed by atoms with van der Waals surface area (Å²) in [5.74, 6) is 0. The molecule has 0 atom stereocenters. The molecule has 0 amide bonds. The van der Waals surface area contributed by atoms with Crippen molar-refractivity contribution in [3.63, 3.8) is 0 Å². The summed E-state index contributed by atoms with van der Waals surface area (Å²) in [6.45, 7) is 1.93. The molecule has 2 aromatic rings. The molecule has 4 heteroatoms. The van der Waals surface area contributed by atoms with Crippen molar-refractivity contribution in [2.24, 2.45) is 0 Å². The van der Waals surface area contributed by atoms with Crippen LogP contribution < -0.4 is 0 Å². The van der Waals surface area contributed by atoms with Gasteiger partial charge in [0.1, 0.15) is 0 Å². The lowest BCUT2D eigenvalue weighted by Crippen LogP contribution is -1.73. The average Bonchev–Trinajstić information content (AvgIpc) is 2.47. The number of thiol groups is 1. The van der Waals surface area contributed by atoms with Gasteiger partial charge in [-0.15, -0.1) is 24.0 Å².